The molecule has 2 aromatic carbocycles. The highest BCUT2D eigenvalue weighted by Gasteiger charge is 2.19. The lowest BCUT2D eigenvalue weighted by Gasteiger charge is -2.13. The lowest BCUT2D eigenvalue weighted by molar-refractivity contribution is 0.687. The molecule has 31 heavy (non-hydrogen) atoms. The summed E-state index contributed by atoms with van der Waals surface area (Å²) in [5.41, 5.74) is 11.2. The number of nitriles is 1. The zero-order chi connectivity index (χ0) is 21.5. The van der Waals surface area contributed by atoms with Gasteiger partial charge < -0.3 is 5.73 Å². The van der Waals surface area contributed by atoms with Crippen LogP contribution in [0.4, 0.5) is 5.82 Å². The van der Waals surface area contributed by atoms with Crippen molar-refractivity contribution >= 4 is 39.5 Å². The molecule has 0 spiro atoms. The predicted molar refractivity (Wildman–Crippen MR) is 118 cm³/mol. The van der Waals surface area contributed by atoms with Gasteiger partial charge in [-0.2, -0.15) is 10.4 Å². The van der Waals surface area contributed by atoms with E-state index in [-0.39, 0.29) is 18.1 Å². The van der Waals surface area contributed by atoms with E-state index in [9.17, 15) is 5.26 Å². The third kappa shape index (κ3) is 3.12. The molecule has 0 fully saturated rings. The Kier molecular flexibility index (Phi) is 4.46. The molecule has 8 nitrogen and oxygen atoms in total. The topological polar surface area (TPSA) is 119 Å². The highest BCUT2D eigenvalue weighted by atomic mass is 35.5. The van der Waals surface area contributed by atoms with Crippen molar-refractivity contribution < 1.29 is 0 Å². The third-order valence-corrected chi connectivity index (χ3v) is 5.39. The first-order valence-electron chi connectivity index (χ1n) is 9.45. The van der Waals surface area contributed by atoms with E-state index in [0.29, 0.717) is 27.4 Å². The number of nitrogens with two attached hydrogens (primary N) is 1. The van der Waals surface area contributed by atoms with Crippen molar-refractivity contribution in [3.8, 4) is 17.3 Å². The van der Waals surface area contributed by atoms with Gasteiger partial charge in [-0.25, -0.2) is 24.6 Å². The number of nitrogens with zero attached hydrogens (tertiary/aromatic N) is 7. The van der Waals surface area contributed by atoms with Gasteiger partial charge in [0.1, 0.15) is 18.2 Å². The number of hydrogen-bond acceptors (Lipinski definition) is 7. The van der Waals surface area contributed by atoms with Crippen LogP contribution in [0.1, 0.15) is 17.0 Å². The normalized spacial score (nSPS) is 11.1. The van der Waals surface area contributed by atoms with E-state index >= 15 is 0 Å². The average molecular weight is 427 g/mol. The van der Waals surface area contributed by atoms with Gasteiger partial charge >= 0.3 is 0 Å². The molecule has 0 amide bonds. The number of para-hydroxylation sites is 1. The molecular formula is C22H15ClN8. The molecule has 2 N–H and O–H groups in total. The van der Waals surface area contributed by atoms with Gasteiger partial charge in [0.05, 0.1) is 39.4 Å². The highest BCUT2D eigenvalue weighted by molar-refractivity contribution is 6.33. The summed E-state index contributed by atoms with van der Waals surface area (Å²) in [7, 11) is 0. The summed E-state index contributed by atoms with van der Waals surface area (Å²) in [6.45, 7) is 2.22. The Morgan fingerprint density at radius 3 is 2.74 bits per heavy atom. The zero-order valence-corrected chi connectivity index (χ0v) is 17.2. The first-order chi connectivity index (χ1) is 15.1. The maximum absolute atomic E-state index is 9.50. The molecule has 3 heterocycles. The Bertz CT molecular complexity index is 1520. The van der Waals surface area contributed by atoms with Crippen molar-refractivity contribution in [1.29, 1.82) is 5.26 Å². The van der Waals surface area contributed by atoms with E-state index in [1.165, 1.54) is 6.33 Å². The van der Waals surface area contributed by atoms with Gasteiger partial charge in [-0.05, 0) is 24.6 Å². The Balaban J connectivity index is 1.77. The van der Waals surface area contributed by atoms with Crippen LogP contribution in [-0.2, 0) is 6.54 Å². The number of benzene rings is 2. The zero-order valence-electron chi connectivity index (χ0n) is 16.4. The maximum atomic E-state index is 9.50. The van der Waals surface area contributed by atoms with Crippen LogP contribution in [0.25, 0.3) is 33.3 Å². The molecule has 0 aliphatic carbocycles. The summed E-state index contributed by atoms with van der Waals surface area (Å²) in [6, 6.07) is 15.4. The van der Waals surface area contributed by atoms with Crippen LogP contribution in [0.3, 0.4) is 0 Å². The summed E-state index contributed by atoms with van der Waals surface area (Å²) in [4.78, 5) is 18.1. The van der Waals surface area contributed by atoms with Crippen LogP contribution >= 0.6 is 11.6 Å². The Morgan fingerprint density at radius 1 is 1.10 bits per heavy atom. The fourth-order valence-electron chi connectivity index (χ4n) is 3.59. The summed E-state index contributed by atoms with van der Waals surface area (Å²) in [6.07, 6.45) is 1.35. The third-order valence-electron chi connectivity index (χ3n) is 5.06. The number of rotatable bonds is 3. The summed E-state index contributed by atoms with van der Waals surface area (Å²) >= 11 is 6.50. The largest absolute Gasteiger partial charge is 0.383 e. The second-order valence-corrected chi connectivity index (χ2v) is 7.42. The van der Waals surface area contributed by atoms with Crippen molar-refractivity contribution in [1.82, 2.24) is 29.7 Å². The number of aryl methyl sites for hydroxylation is 1. The molecule has 0 aliphatic rings. The second-order valence-electron chi connectivity index (χ2n) is 7.02. The van der Waals surface area contributed by atoms with E-state index in [4.69, 9.17) is 27.3 Å². The quantitative estimate of drug-likeness (QED) is 0.464. The number of halogens is 1. The fourth-order valence-corrected chi connectivity index (χ4v) is 3.82. The molecule has 0 saturated carbocycles. The summed E-state index contributed by atoms with van der Waals surface area (Å²) in [5.74, 6) is 0.208. The van der Waals surface area contributed by atoms with Gasteiger partial charge in [0.2, 0.25) is 0 Å². The van der Waals surface area contributed by atoms with E-state index in [2.05, 4.69) is 21.1 Å². The maximum Gasteiger partial charge on any atom is 0.175 e. The van der Waals surface area contributed by atoms with Crippen molar-refractivity contribution in [2.24, 2.45) is 0 Å². The monoisotopic (exact) mass is 426 g/mol. The van der Waals surface area contributed by atoms with Gasteiger partial charge in [0.25, 0.3) is 0 Å². The molecule has 0 atom stereocenters. The van der Waals surface area contributed by atoms with Crippen molar-refractivity contribution in [3.63, 3.8) is 0 Å². The van der Waals surface area contributed by atoms with Crippen LogP contribution < -0.4 is 5.73 Å². The van der Waals surface area contributed by atoms with Crippen LogP contribution in [0.2, 0.25) is 5.02 Å². The van der Waals surface area contributed by atoms with Crippen LogP contribution in [0.5, 0.6) is 0 Å². The van der Waals surface area contributed by atoms with Crippen molar-refractivity contribution in [3.05, 3.63) is 70.8 Å². The standard InChI is InChI=1S/C22H15ClN8/c1-12-5-4-8-15-19(12)29-20(13-6-2-3-7-14(13)23)17(28-15)10-31-22-18(16(9-24)30-31)21(25)26-11-27-22/h2-8,11H,10H2,1H3,(H2,25,26,27). The number of anilines is 1. The van der Waals surface area contributed by atoms with Crippen molar-refractivity contribution in [2.45, 2.75) is 13.5 Å². The van der Waals surface area contributed by atoms with Gasteiger partial charge in [-0.1, -0.05) is 41.9 Å². The van der Waals surface area contributed by atoms with Crippen LogP contribution in [0, 0.1) is 18.3 Å². The molecule has 0 saturated heterocycles. The van der Waals surface area contributed by atoms with Crippen LogP contribution in [-0.4, -0.2) is 29.7 Å². The molecule has 9 heteroatoms. The van der Waals surface area contributed by atoms with Gasteiger partial charge in [0, 0.05) is 5.56 Å². The number of fused-ring (bicyclic) bond motifs is 2. The van der Waals surface area contributed by atoms with E-state index in [0.717, 1.165) is 22.2 Å². The average Bonchev–Trinajstić information content (AvgIpc) is 3.13. The van der Waals surface area contributed by atoms with Gasteiger partial charge in [0.15, 0.2) is 11.3 Å². The minimum absolute atomic E-state index is 0.164. The van der Waals surface area contributed by atoms with E-state index in [1.54, 1.807) is 4.68 Å². The Hall–Kier alpha value is -4.09. The molecule has 0 bridgehead atoms. The van der Waals surface area contributed by atoms with Crippen LogP contribution in [0.15, 0.2) is 48.8 Å². The van der Waals surface area contributed by atoms with E-state index < -0.39 is 0 Å². The molecule has 3 aromatic heterocycles. The smallest absolute Gasteiger partial charge is 0.175 e. The SMILES string of the molecule is Cc1cccc2nc(Cn3nc(C#N)c4c(N)ncnc43)c(-c3ccccc3Cl)nc12. The van der Waals surface area contributed by atoms with E-state index in [1.807, 2.05) is 49.4 Å². The fraction of sp³-hybridized carbons (Fsp3) is 0.0909. The first-order valence-corrected chi connectivity index (χ1v) is 9.83. The second kappa shape index (κ2) is 7.31. The minimum Gasteiger partial charge on any atom is -0.383 e. The molecule has 0 aliphatic heterocycles. The summed E-state index contributed by atoms with van der Waals surface area (Å²) in [5, 5.41) is 14.9. The minimum atomic E-state index is 0.164. The Labute approximate surface area is 182 Å². The molecule has 0 radical (unpaired) electrons. The number of hydrogen-bond donors (Lipinski definition) is 1. The lowest BCUT2D eigenvalue weighted by atomic mass is 10.1. The van der Waals surface area contributed by atoms with Crippen molar-refractivity contribution in [2.75, 3.05) is 5.73 Å². The Morgan fingerprint density at radius 2 is 1.94 bits per heavy atom. The lowest BCUT2D eigenvalue weighted by Crippen LogP contribution is -2.09. The number of aromatic nitrogens is 6. The number of nitrogen functional groups attached to an aromatic ring is 1. The molecular weight excluding hydrogens is 412 g/mol. The molecule has 150 valence electrons. The molecule has 0 unspecified atom stereocenters. The molecule has 5 aromatic rings. The molecule has 5 rings (SSSR count). The van der Waals surface area contributed by atoms with Gasteiger partial charge in [-0.3, -0.25) is 0 Å². The first kappa shape index (κ1) is 18.9. The summed E-state index contributed by atoms with van der Waals surface area (Å²) < 4.78 is 1.60. The highest BCUT2D eigenvalue weighted by Crippen LogP contribution is 2.31. The van der Waals surface area contributed by atoms with Gasteiger partial charge in [-0.15, -0.1) is 0 Å². The predicted octanol–water partition coefficient (Wildman–Crippen LogP) is 3.90.